The van der Waals surface area contributed by atoms with E-state index in [-0.39, 0.29) is 18.4 Å². The van der Waals surface area contributed by atoms with Gasteiger partial charge >= 0.3 is 6.03 Å². The monoisotopic (exact) mass is 359 g/mol. The van der Waals surface area contributed by atoms with Crippen molar-refractivity contribution in [2.75, 3.05) is 11.9 Å². The highest BCUT2D eigenvalue weighted by molar-refractivity contribution is 6.09. The number of carbonyl (C=O) groups is 3. The summed E-state index contributed by atoms with van der Waals surface area (Å²) in [6, 6.07) is 5.23. The number of carbonyl (C=O) groups excluding carboxylic acids is 3. The summed E-state index contributed by atoms with van der Waals surface area (Å²) in [6.07, 6.45) is 4.72. The minimum atomic E-state index is -0.912. The van der Waals surface area contributed by atoms with Gasteiger partial charge in [-0.25, -0.2) is 4.79 Å². The molecule has 2 rings (SSSR count). The van der Waals surface area contributed by atoms with Gasteiger partial charge in [0.2, 0.25) is 5.91 Å². The Morgan fingerprint density at radius 1 is 1.12 bits per heavy atom. The van der Waals surface area contributed by atoms with Crippen molar-refractivity contribution in [3.05, 3.63) is 29.3 Å². The van der Waals surface area contributed by atoms with Crippen molar-refractivity contribution in [1.29, 1.82) is 0 Å². The smallest absolute Gasteiger partial charge is 0.325 e. The van der Waals surface area contributed by atoms with E-state index < -0.39 is 11.6 Å². The molecule has 1 saturated heterocycles. The molecule has 6 heteroatoms. The summed E-state index contributed by atoms with van der Waals surface area (Å²) in [5.74, 6) is -0.705. The average Bonchev–Trinajstić information content (AvgIpc) is 2.74. The highest BCUT2D eigenvalue weighted by Gasteiger charge is 2.47. The van der Waals surface area contributed by atoms with Crippen molar-refractivity contribution >= 4 is 23.5 Å². The molecule has 1 unspecified atom stereocenters. The molecule has 1 aliphatic heterocycles. The first-order chi connectivity index (χ1) is 12.2. The van der Waals surface area contributed by atoms with Gasteiger partial charge in [-0.2, -0.15) is 0 Å². The number of hydrogen-bond donors (Lipinski definition) is 2. The number of imide groups is 1. The standard InChI is InChI=1S/C20H29N3O3/c1-5-6-7-8-9-20(4)18(25)23(19(26)22-20)13-17(24)21-16-11-14(2)10-15(3)12-16/h10-12H,5-9,13H2,1-4H3,(H,21,24)(H,22,26). The van der Waals surface area contributed by atoms with Crippen LogP contribution in [0.3, 0.4) is 0 Å². The maximum Gasteiger partial charge on any atom is 0.325 e. The van der Waals surface area contributed by atoms with Crippen molar-refractivity contribution in [2.24, 2.45) is 0 Å². The molecule has 26 heavy (non-hydrogen) atoms. The Morgan fingerprint density at radius 2 is 1.77 bits per heavy atom. The summed E-state index contributed by atoms with van der Waals surface area (Å²) < 4.78 is 0. The van der Waals surface area contributed by atoms with Crippen LogP contribution in [0.2, 0.25) is 0 Å². The quantitative estimate of drug-likeness (QED) is 0.550. The zero-order chi connectivity index (χ0) is 19.3. The molecule has 1 fully saturated rings. The number of nitrogens with one attached hydrogen (secondary N) is 2. The molecule has 1 atom stereocenters. The SMILES string of the molecule is CCCCCCC1(C)NC(=O)N(CC(=O)Nc2cc(C)cc(C)c2)C1=O. The molecule has 1 aromatic rings. The van der Waals surface area contributed by atoms with Gasteiger partial charge in [0.1, 0.15) is 12.1 Å². The van der Waals surface area contributed by atoms with Crippen molar-refractivity contribution < 1.29 is 14.4 Å². The molecule has 1 aromatic carbocycles. The summed E-state index contributed by atoms with van der Waals surface area (Å²) in [5.41, 5.74) is 1.83. The number of aryl methyl sites for hydroxylation is 2. The van der Waals surface area contributed by atoms with Crippen LogP contribution in [0.15, 0.2) is 18.2 Å². The molecular formula is C20H29N3O3. The van der Waals surface area contributed by atoms with Gasteiger partial charge < -0.3 is 10.6 Å². The third-order valence-corrected chi connectivity index (χ3v) is 4.68. The molecule has 0 spiro atoms. The van der Waals surface area contributed by atoms with Crippen LogP contribution in [0, 0.1) is 13.8 Å². The van der Waals surface area contributed by atoms with Gasteiger partial charge in [0.05, 0.1) is 0 Å². The number of benzene rings is 1. The van der Waals surface area contributed by atoms with Crippen LogP contribution >= 0.6 is 0 Å². The Labute approximate surface area is 155 Å². The van der Waals surface area contributed by atoms with Crippen molar-refractivity contribution in [1.82, 2.24) is 10.2 Å². The average molecular weight is 359 g/mol. The van der Waals surface area contributed by atoms with Crippen LogP contribution in [0.5, 0.6) is 0 Å². The zero-order valence-corrected chi connectivity index (χ0v) is 16.1. The van der Waals surface area contributed by atoms with E-state index in [9.17, 15) is 14.4 Å². The number of amides is 4. The van der Waals surface area contributed by atoms with E-state index >= 15 is 0 Å². The Kier molecular flexibility index (Phi) is 6.40. The molecule has 0 aromatic heterocycles. The fourth-order valence-electron chi connectivity index (χ4n) is 3.36. The minimum absolute atomic E-state index is 0.276. The molecule has 0 bridgehead atoms. The fourth-order valence-corrected chi connectivity index (χ4v) is 3.36. The number of urea groups is 1. The summed E-state index contributed by atoms with van der Waals surface area (Å²) in [7, 11) is 0. The summed E-state index contributed by atoms with van der Waals surface area (Å²) >= 11 is 0. The van der Waals surface area contributed by atoms with Gasteiger partial charge in [0.25, 0.3) is 5.91 Å². The van der Waals surface area contributed by atoms with Gasteiger partial charge in [-0.3, -0.25) is 14.5 Å². The first-order valence-electron chi connectivity index (χ1n) is 9.27. The van der Waals surface area contributed by atoms with Crippen LogP contribution in [0.1, 0.15) is 57.1 Å². The van der Waals surface area contributed by atoms with Crippen molar-refractivity contribution in [3.63, 3.8) is 0 Å². The third-order valence-electron chi connectivity index (χ3n) is 4.68. The molecule has 1 heterocycles. The topological polar surface area (TPSA) is 78.5 Å². The Balaban J connectivity index is 1.96. The van der Waals surface area contributed by atoms with Gasteiger partial charge in [0.15, 0.2) is 0 Å². The summed E-state index contributed by atoms with van der Waals surface area (Å²) in [5, 5.41) is 5.52. The number of rotatable bonds is 8. The number of hydrogen-bond acceptors (Lipinski definition) is 3. The second kappa shape index (κ2) is 8.34. The predicted molar refractivity (Wildman–Crippen MR) is 102 cm³/mol. The first kappa shape index (κ1) is 19.9. The van der Waals surface area contributed by atoms with Crippen LogP contribution in [0.4, 0.5) is 10.5 Å². The van der Waals surface area contributed by atoms with Crippen LogP contribution < -0.4 is 10.6 Å². The number of unbranched alkanes of at least 4 members (excludes halogenated alkanes) is 3. The lowest BCUT2D eigenvalue weighted by Crippen LogP contribution is -2.44. The second-order valence-electron chi connectivity index (χ2n) is 7.39. The van der Waals surface area contributed by atoms with E-state index in [0.717, 1.165) is 41.7 Å². The van der Waals surface area contributed by atoms with E-state index in [0.29, 0.717) is 12.1 Å². The summed E-state index contributed by atoms with van der Waals surface area (Å²) in [6.45, 7) is 7.48. The highest BCUT2D eigenvalue weighted by atomic mass is 16.2. The zero-order valence-electron chi connectivity index (χ0n) is 16.1. The van der Waals surface area contributed by atoms with Crippen molar-refractivity contribution in [3.8, 4) is 0 Å². The molecule has 0 saturated carbocycles. The van der Waals surface area contributed by atoms with Gasteiger partial charge in [0, 0.05) is 5.69 Å². The lowest BCUT2D eigenvalue weighted by Gasteiger charge is -2.21. The van der Waals surface area contributed by atoms with Crippen molar-refractivity contribution in [2.45, 2.75) is 65.3 Å². The van der Waals surface area contributed by atoms with E-state index in [4.69, 9.17) is 0 Å². The molecule has 6 nitrogen and oxygen atoms in total. The molecule has 2 N–H and O–H groups in total. The maximum absolute atomic E-state index is 12.7. The molecule has 4 amide bonds. The predicted octanol–water partition coefficient (Wildman–Crippen LogP) is 3.52. The largest absolute Gasteiger partial charge is 0.325 e. The summed E-state index contributed by atoms with van der Waals surface area (Å²) in [4.78, 5) is 38.2. The molecule has 0 aliphatic carbocycles. The lowest BCUT2D eigenvalue weighted by molar-refractivity contribution is -0.133. The lowest BCUT2D eigenvalue weighted by atomic mass is 9.94. The molecular weight excluding hydrogens is 330 g/mol. The Bertz CT molecular complexity index is 681. The molecule has 142 valence electrons. The number of anilines is 1. The van der Waals surface area contributed by atoms with E-state index in [1.54, 1.807) is 6.92 Å². The maximum atomic E-state index is 12.7. The van der Waals surface area contributed by atoms with Gasteiger partial charge in [-0.05, 0) is 50.5 Å². The van der Waals surface area contributed by atoms with Gasteiger partial charge in [-0.15, -0.1) is 0 Å². The minimum Gasteiger partial charge on any atom is -0.325 e. The first-order valence-corrected chi connectivity index (χ1v) is 9.27. The van der Waals surface area contributed by atoms with E-state index in [1.165, 1.54) is 0 Å². The Morgan fingerprint density at radius 3 is 2.38 bits per heavy atom. The normalized spacial score (nSPS) is 19.6. The van der Waals surface area contributed by atoms with Crippen LogP contribution in [-0.2, 0) is 9.59 Å². The Hall–Kier alpha value is -2.37. The highest BCUT2D eigenvalue weighted by Crippen LogP contribution is 2.24. The second-order valence-corrected chi connectivity index (χ2v) is 7.39. The molecule has 1 aliphatic rings. The van der Waals surface area contributed by atoms with Gasteiger partial charge in [-0.1, -0.05) is 38.7 Å². The van der Waals surface area contributed by atoms with E-state index in [2.05, 4.69) is 17.6 Å². The van der Waals surface area contributed by atoms with Crippen LogP contribution in [0.25, 0.3) is 0 Å². The van der Waals surface area contributed by atoms with E-state index in [1.807, 2.05) is 32.0 Å². The van der Waals surface area contributed by atoms with Crippen LogP contribution in [-0.4, -0.2) is 34.8 Å². The number of nitrogens with zero attached hydrogens (tertiary/aromatic N) is 1. The fraction of sp³-hybridized carbons (Fsp3) is 0.550. The molecule has 0 radical (unpaired) electrons. The third kappa shape index (κ3) is 4.84.